The molecular formula is C28H31N5O6S. The summed E-state index contributed by atoms with van der Waals surface area (Å²) in [6, 6.07) is 13.0. The van der Waals surface area contributed by atoms with Crippen molar-refractivity contribution in [2.45, 2.75) is 26.0 Å². The molecule has 0 aliphatic carbocycles. The maximum Gasteiger partial charge on any atom is 0.273 e. The molecule has 0 saturated heterocycles. The van der Waals surface area contributed by atoms with E-state index in [1.54, 1.807) is 23.6 Å². The number of nitrogens with zero attached hydrogens (tertiary/aromatic N) is 2. The molecule has 2 heterocycles. The lowest BCUT2D eigenvalue weighted by molar-refractivity contribution is -0.125. The molecule has 0 unspecified atom stereocenters. The number of carbonyl (C=O) groups excluding carboxylic acids is 4. The molecule has 3 aromatic rings. The molecule has 2 aromatic carbocycles. The van der Waals surface area contributed by atoms with E-state index in [1.165, 1.54) is 23.2 Å². The lowest BCUT2D eigenvalue weighted by atomic mass is 10.1. The molecule has 4 amide bonds. The number of aryl methyl sites for hydroxylation is 1. The minimum atomic E-state index is -1.24. The number of amides is 4. The van der Waals surface area contributed by atoms with Crippen LogP contribution in [-0.2, 0) is 9.59 Å². The van der Waals surface area contributed by atoms with Gasteiger partial charge in [0.15, 0.2) is 0 Å². The molecule has 4 N–H and O–H groups in total. The number of hydrogen-bond donors (Lipinski definition) is 4. The van der Waals surface area contributed by atoms with Crippen molar-refractivity contribution < 1.29 is 29.0 Å². The van der Waals surface area contributed by atoms with Crippen LogP contribution in [0.3, 0.4) is 0 Å². The Labute approximate surface area is 235 Å². The number of benzene rings is 2. The maximum absolute atomic E-state index is 13.4. The molecule has 11 nitrogen and oxygen atoms in total. The van der Waals surface area contributed by atoms with E-state index in [-0.39, 0.29) is 44.0 Å². The van der Waals surface area contributed by atoms with Gasteiger partial charge in [0.2, 0.25) is 11.8 Å². The zero-order valence-electron chi connectivity index (χ0n) is 22.2. The quantitative estimate of drug-likeness (QED) is 0.375. The molecular weight excluding hydrogens is 534 g/mol. The average molecular weight is 566 g/mol. The number of aliphatic hydroxyl groups excluding tert-OH is 1. The third-order valence-corrected chi connectivity index (χ3v) is 7.12. The van der Waals surface area contributed by atoms with Gasteiger partial charge in [0.05, 0.1) is 19.2 Å². The summed E-state index contributed by atoms with van der Waals surface area (Å²) in [5, 5.41) is 20.4. The van der Waals surface area contributed by atoms with E-state index < -0.39 is 35.8 Å². The summed E-state index contributed by atoms with van der Waals surface area (Å²) >= 11 is 1.31. The Morgan fingerprint density at radius 3 is 2.62 bits per heavy atom. The summed E-state index contributed by atoms with van der Waals surface area (Å²) < 4.78 is 5.77. The smallest absolute Gasteiger partial charge is 0.273 e. The molecule has 210 valence electrons. The number of aliphatic hydroxyl groups is 1. The SMILES string of the molecule is Cc1ccc2cc1OCCNC(=O)CN(C(=O)c1csc(-c3ccccc3)n1)CCNC(=O)[C@H]([C@@H](C)O)NC2=O. The van der Waals surface area contributed by atoms with Gasteiger partial charge in [-0.2, -0.15) is 0 Å². The van der Waals surface area contributed by atoms with Crippen molar-refractivity contribution in [3.05, 3.63) is 70.7 Å². The summed E-state index contributed by atoms with van der Waals surface area (Å²) in [6.07, 6.45) is -1.19. The van der Waals surface area contributed by atoms with Gasteiger partial charge >= 0.3 is 0 Å². The van der Waals surface area contributed by atoms with Gasteiger partial charge in [-0.1, -0.05) is 36.4 Å². The van der Waals surface area contributed by atoms with Crippen LogP contribution in [0, 0.1) is 6.92 Å². The van der Waals surface area contributed by atoms with Gasteiger partial charge in [0, 0.05) is 29.6 Å². The molecule has 2 atom stereocenters. The molecule has 0 radical (unpaired) electrons. The fourth-order valence-corrected chi connectivity index (χ4v) is 4.83. The van der Waals surface area contributed by atoms with Crippen molar-refractivity contribution in [3.63, 3.8) is 0 Å². The number of fused-ring (bicyclic) bond motifs is 2. The first-order valence-electron chi connectivity index (χ1n) is 12.8. The summed E-state index contributed by atoms with van der Waals surface area (Å²) in [4.78, 5) is 57.6. The fourth-order valence-electron chi connectivity index (χ4n) is 4.03. The van der Waals surface area contributed by atoms with Crippen molar-refractivity contribution in [2.75, 3.05) is 32.8 Å². The normalized spacial score (nSPS) is 18.0. The van der Waals surface area contributed by atoms with Gasteiger partial charge in [-0.3, -0.25) is 19.2 Å². The van der Waals surface area contributed by atoms with E-state index in [2.05, 4.69) is 20.9 Å². The van der Waals surface area contributed by atoms with Gasteiger partial charge in [0.1, 0.15) is 29.1 Å². The highest BCUT2D eigenvalue weighted by molar-refractivity contribution is 7.13. The minimum Gasteiger partial charge on any atom is -0.491 e. The second-order valence-corrected chi connectivity index (χ2v) is 10.2. The molecule has 4 rings (SSSR count). The average Bonchev–Trinajstić information content (AvgIpc) is 3.44. The van der Waals surface area contributed by atoms with Crippen molar-refractivity contribution >= 4 is 35.0 Å². The number of hydrogen-bond acceptors (Lipinski definition) is 8. The molecule has 40 heavy (non-hydrogen) atoms. The monoisotopic (exact) mass is 565 g/mol. The lowest BCUT2D eigenvalue weighted by Gasteiger charge is -2.24. The molecule has 2 bridgehead atoms. The highest BCUT2D eigenvalue weighted by atomic mass is 32.1. The van der Waals surface area contributed by atoms with Crippen LogP contribution < -0.4 is 20.7 Å². The van der Waals surface area contributed by atoms with Crippen LogP contribution in [0.25, 0.3) is 10.6 Å². The van der Waals surface area contributed by atoms with E-state index >= 15 is 0 Å². The van der Waals surface area contributed by atoms with Crippen LogP contribution in [0.5, 0.6) is 5.75 Å². The number of carbonyl (C=O) groups is 4. The van der Waals surface area contributed by atoms with Crippen molar-refractivity contribution in [1.29, 1.82) is 0 Å². The number of ether oxygens (including phenoxy) is 1. The van der Waals surface area contributed by atoms with Crippen LogP contribution in [0.1, 0.15) is 33.3 Å². The second kappa shape index (κ2) is 13.2. The van der Waals surface area contributed by atoms with Gasteiger partial charge in [-0.25, -0.2) is 4.98 Å². The van der Waals surface area contributed by atoms with E-state index in [1.807, 2.05) is 37.3 Å². The third kappa shape index (κ3) is 7.21. The van der Waals surface area contributed by atoms with Crippen LogP contribution in [0.4, 0.5) is 0 Å². The predicted octanol–water partition coefficient (Wildman–Crippen LogP) is 1.36. The third-order valence-electron chi connectivity index (χ3n) is 6.23. The Hall–Kier alpha value is -4.29. The Kier molecular flexibility index (Phi) is 9.46. The zero-order valence-corrected chi connectivity index (χ0v) is 23.0. The maximum atomic E-state index is 13.4. The first-order chi connectivity index (χ1) is 19.2. The van der Waals surface area contributed by atoms with Gasteiger partial charge in [-0.05, 0) is 31.5 Å². The van der Waals surface area contributed by atoms with Crippen molar-refractivity contribution in [3.8, 4) is 16.3 Å². The summed E-state index contributed by atoms with van der Waals surface area (Å²) in [7, 11) is 0. The van der Waals surface area contributed by atoms with E-state index in [4.69, 9.17) is 4.74 Å². The zero-order chi connectivity index (χ0) is 28.6. The Balaban J connectivity index is 1.54. The van der Waals surface area contributed by atoms with Gasteiger partial charge in [-0.15, -0.1) is 11.3 Å². The molecule has 1 aromatic heterocycles. The summed E-state index contributed by atoms with van der Waals surface area (Å²) in [6.45, 7) is 3.22. The van der Waals surface area contributed by atoms with Crippen LogP contribution >= 0.6 is 11.3 Å². The van der Waals surface area contributed by atoms with Gasteiger partial charge < -0.3 is 30.7 Å². The standard InChI is InChI=1S/C28H31N5O6S/c1-17-8-9-20-14-22(17)39-13-11-29-23(35)15-33(12-10-30-26(37)24(18(2)34)32-25(20)36)28(38)21-16-40-27(31-21)19-6-4-3-5-7-19/h3-9,14,16,18,24,34H,10-13,15H2,1-2H3,(H,29,35)(H,30,37)(H,32,36)/t18-,24+/m1/s1. The molecule has 12 heteroatoms. The highest BCUT2D eigenvalue weighted by Crippen LogP contribution is 2.24. The van der Waals surface area contributed by atoms with Crippen LogP contribution in [0.2, 0.25) is 0 Å². The van der Waals surface area contributed by atoms with E-state index in [0.29, 0.717) is 10.8 Å². The Bertz CT molecular complexity index is 1380. The second-order valence-electron chi connectivity index (χ2n) is 9.29. The van der Waals surface area contributed by atoms with Gasteiger partial charge in [0.25, 0.3) is 11.8 Å². The number of nitrogens with one attached hydrogen (secondary N) is 3. The molecule has 1 aliphatic rings. The summed E-state index contributed by atoms with van der Waals surface area (Å²) in [5.41, 5.74) is 2.08. The van der Waals surface area contributed by atoms with Crippen molar-refractivity contribution in [2.24, 2.45) is 0 Å². The molecule has 0 saturated carbocycles. The lowest BCUT2D eigenvalue weighted by Crippen LogP contribution is -2.53. The number of rotatable bonds is 3. The number of thiazole rings is 1. The Morgan fingerprint density at radius 1 is 1.10 bits per heavy atom. The summed E-state index contributed by atoms with van der Waals surface area (Å²) in [5.74, 6) is -1.62. The number of aromatic nitrogens is 1. The first-order valence-corrected chi connectivity index (χ1v) is 13.7. The fraction of sp³-hybridized carbons (Fsp3) is 0.321. The topological polar surface area (TPSA) is 150 Å². The highest BCUT2D eigenvalue weighted by Gasteiger charge is 2.27. The molecule has 0 spiro atoms. The largest absolute Gasteiger partial charge is 0.491 e. The Morgan fingerprint density at radius 2 is 1.88 bits per heavy atom. The van der Waals surface area contributed by atoms with E-state index in [0.717, 1.165) is 11.1 Å². The van der Waals surface area contributed by atoms with E-state index in [9.17, 15) is 24.3 Å². The molecule has 0 fully saturated rings. The predicted molar refractivity (Wildman–Crippen MR) is 149 cm³/mol. The minimum absolute atomic E-state index is 0.00681. The van der Waals surface area contributed by atoms with Crippen LogP contribution in [-0.4, -0.2) is 83.6 Å². The van der Waals surface area contributed by atoms with Crippen molar-refractivity contribution in [1.82, 2.24) is 25.8 Å². The molecule has 1 aliphatic heterocycles. The first kappa shape index (κ1) is 28.7. The van der Waals surface area contributed by atoms with Crippen LogP contribution in [0.15, 0.2) is 53.9 Å².